The van der Waals surface area contributed by atoms with Crippen molar-refractivity contribution < 1.29 is 14.3 Å². The number of anilines is 1. The molecule has 0 bridgehead atoms. The maximum atomic E-state index is 13.6. The highest BCUT2D eigenvalue weighted by molar-refractivity contribution is 6.07. The van der Waals surface area contributed by atoms with Crippen LogP contribution in [0.25, 0.3) is 0 Å². The van der Waals surface area contributed by atoms with Gasteiger partial charge in [-0.2, -0.15) is 0 Å². The number of rotatable bonds is 1. The van der Waals surface area contributed by atoms with E-state index < -0.39 is 5.54 Å². The zero-order valence-corrected chi connectivity index (χ0v) is 14.8. The lowest BCUT2D eigenvalue weighted by molar-refractivity contribution is -0.149. The summed E-state index contributed by atoms with van der Waals surface area (Å²) < 4.78 is 5.14. The molecule has 1 amide bonds. The van der Waals surface area contributed by atoms with Crippen molar-refractivity contribution in [2.75, 3.05) is 12.0 Å². The Balaban J connectivity index is 1.73. The number of amides is 1. The van der Waals surface area contributed by atoms with Crippen LogP contribution >= 0.6 is 0 Å². The van der Waals surface area contributed by atoms with Crippen molar-refractivity contribution >= 4 is 17.6 Å². The van der Waals surface area contributed by atoms with E-state index in [-0.39, 0.29) is 29.5 Å². The fourth-order valence-electron chi connectivity index (χ4n) is 6.07. The molecule has 0 N–H and O–H groups in total. The number of esters is 1. The van der Waals surface area contributed by atoms with Crippen LogP contribution in [-0.4, -0.2) is 41.6 Å². The third-order valence-corrected chi connectivity index (χ3v) is 7.08. The van der Waals surface area contributed by atoms with Crippen LogP contribution in [-0.2, 0) is 19.7 Å². The van der Waals surface area contributed by atoms with E-state index in [1.807, 2.05) is 17.0 Å². The molecule has 4 aliphatic rings. The van der Waals surface area contributed by atoms with Gasteiger partial charge in [0.15, 0.2) is 0 Å². The lowest BCUT2D eigenvalue weighted by atomic mass is 9.79. The number of ether oxygens (including phenoxy) is 1. The largest absolute Gasteiger partial charge is 0.468 e. The minimum atomic E-state index is -0.521. The third-order valence-electron chi connectivity index (χ3n) is 7.08. The lowest BCUT2D eigenvalue weighted by Gasteiger charge is -2.40. The molecule has 1 spiro atoms. The second kappa shape index (κ2) is 4.85. The molecule has 5 nitrogen and oxygen atoms in total. The van der Waals surface area contributed by atoms with Crippen LogP contribution in [0.5, 0.6) is 0 Å². The summed E-state index contributed by atoms with van der Waals surface area (Å²) in [5.41, 5.74) is 1.49. The van der Waals surface area contributed by atoms with Crippen LogP contribution in [0.15, 0.2) is 24.3 Å². The smallest absolute Gasteiger partial charge is 0.323 e. The van der Waals surface area contributed by atoms with Gasteiger partial charge in [-0.15, -0.1) is 0 Å². The van der Waals surface area contributed by atoms with Gasteiger partial charge < -0.3 is 4.74 Å². The summed E-state index contributed by atoms with van der Waals surface area (Å²) in [7, 11) is 1.45. The Morgan fingerprint density at radius 1 is 1.20 bits per heavy atom. The monoisotopic (exact) mass is 340 g/mol. The quantitative estimate of drug-likeness (QED) is 0.738. The van der Waals surface area contributed by atoms with Gasteiger partial charge in [0, 0.05) is 11.1 Å². The van der Waals surface area contributed by atoms with Crippen molar-refractivity contribution in [1.82, 2.24) is 4.90 Å². The first-order chi connectivity index (χ1) is 12.0. The van der Waals surface area contributed by atoms with Crippen LogP contribution in [0.1, 0.15) is 51.0 Å². The summed E-state index contributed by atoms with van der Waals surface area (Å²) in [6.45, 7) is 2.21. The van der Waals surface area contributed by atoms with E-state index in [1.165, 1.54) is 19.1 Å². The predicted molar refractivity (Wildman–Crippen MR) is 93.1 cm³/mol. The van der Waals surface area contributed by atoms with E-state index in [0.717, 1.165) is 31.4 Å². The SMILES string of the molecule is COC(=O)[C@@H]1C[C@@]2(C)c3ccccc3N3C(=O)C4(CCCCC4)N1[C@H]32. The van der Waals surface area contributed by atoms with Crippen LogP contribution in [0, 0.1) is 0 Å². The van der Waals surface area contributed by atoms with Gasteiger partial charge in [0.2, 0.25) is 5.91 Å². The zero-order valence-electron chi connectivity index (χ0n) is 14.8. The molecule has 3 heterocycles. The maximum Gasteiger partial charge on any atom is 0.323 e. The molecule has 132 valence electrons. The normalized spacial score (nSPS) is 35.1. The molecule has 1 aromatic rings. The average Bonchev–Trinajstić information content (AvgIpc) is 3.18. The predicted octanol–water partition coefficient (Wildman–Crippen LogP) is 2.58. The highest BCUT2D eigenvalue weighted by atomic mass is 16.5. The Morgan fingerprint density at radius 2 is 1.92 bits per heavy atom. The maximum absolute atomic E-state index is 13.6. The number of carbonyl (C=O) groups is 2. The number of hydrogen-bond donors (Lipinski definition) is 0. The van der Waals surface area contributed by atoms with Gasteiger partial charge in [0.25, 0.3) is 0 Å². The molecule has 0 radical (unpaired) electrons. The topological polar surface area (TPSA) is 49.9 Å². The Bertz CT molecular complexity index is 770. The first kappa shape index (κ1) is 15.4. The van der Waals surface area contributed by atoms with Gasteiger partial charge in [-0.05, 0) is 30.9 Å². The molecule has 2 saturated heterocycles. The summed E-state index contributed by atoms with van der Waals surface area (Å²) in [6.07, 6.45) is 5.63. The van der Waals surface area contributed by atoms with E-state index in [9.17, 15) is 9.59 Å². The molecule has 0 unspecified atom stereocenters. The molecule has 3 aliphatic heterocycles. The van der Waals surface area contributed by atoms with E-state index in [0.29, 0.717) is 6.42 Å². The molecule has 1 saturated carbocycles. The van der Waals surface area contributed by atoms with Gasteiger partial charge in [0.1, 0.15) is 17.7 Å². The number of carbonyl (C=O) groups excluding carboxylic acids is 2. The Kier molecular flexibility index (Phi) is 2.98. The highest BCUT2D eigenvalue weighted by Crippen LogP contribution is 2.61. The van der Waals surface area contributed by atoms with Crippen molar-refractivity contribution in [3.05, 3.63) is 29.8 Å². The molecule has 0 aromatic heterocycles. The molecular formula is C20H24N2O3. The first-order valence-corrected chi connectivity index (χ1v) is 9.34. The number of para-hydroxylation sites is 1. The van der Waals surface area contributed by atoms with Gasteiger partial charge in [-0.25, -0.2) is 0 Å². The van der Waals surface area contributed by atoms with Crippen molar-refractivity contribution in [2.45, 2.75) is 68.6 Å². The molecule has 1 aliphatic carbocycles. The van der Waals surface area contributed by atoms with E-state index >= 15 is 0 Å². The fraction of sp³-hybridized carbons (Fsp3) is 0.600. The first-order valence-electron chi connectivity index (χ1n) is 9.34. The standard InChI is InChI=1S/C20H24N2O3/c1-19-12-15(16(23)25-2)22-17(19)21(14-9-5-4-8-13(14)19)18(24)20(22)10-6-3-7-11-20/h4-5,8-9,15,17H,3,6-7,10-12H2,1-2H3/t15-,17-,19-/m0/s1. The average molecular weight is 340 g/mol. The van der Waals surface area contributed by atoms with Crippen LogP contribution in [0.2, 0.25) is 0 Å². The summed E-state index contributed by atoms with van der Waals surface area (Å²) in [6, 6.07) is 7.88. The van der Waals surface area contributed by atoms with Gasteiger partial charge in [0.05, 0.1) is 7.11 Å². The molecule has 5 heteroatoms. The molecule has 25 heavy (non-hydrogen) atoms. The highest BCUT2D eigenvalue weighted by Gasteiger charge is 2.72. The summed E-state index contributed by atoms with van der Waals surface area (Å²) in [5.74, 6) is -0.00492. The fourth-order valence-corrected chi connectivity index (χ4v) is 6.07. The second-order valence-corrected chi connectivity index (χ2v) is 8.23. The lowest BCUT2D eigenvalue weighted by Crippen LogP contribution is -2.56. The van der Waals surface area contributed by atoms with Gasteiger partial charge in [-0.3, -0.25) is 19.4 Å². The number of benzene rings is 1. The van der Waals surface area contributed by atoms with Gasteiger partial charge >= 0.3 is 5.97 Å². The molecule has 3 fully saturated rings. The van der Waals surface area contributed by atoms with Crippen LogP contribution in [0.4, 0.5) is 5.69 Å². The summed E-state index contributed by atoms with van der Waals surface area (Å²) >= 11 is 0. The van der Waals surface area contributed by atoms with Crippen molar-refractivity contribution in [2.24, 2.45) is 0 Å². The van der Waals surface area contributed by atoms with E-state index in [2.05, 4.69) is 24.0 Å². The Morgan fingerprint density at radius 3 is 2.64 bits per heavy atom. The molecular weight excluding hydrogens is 316 g/mol. The van der Waals surface area contributed by atoms with Crippen LogP contribution < -0.4 is 4.90 Å². The Hall–Kier alpha value is -1.88. The second-order valence-electron chi connectivity index (χ2n) is 8.23. The summed E-state index contributed by atoms with van der Waals surface area (Å²) in [5, 5.41) is 0. The van der Waals surface area contributed by atoms with E-state index in [1.54, 1.807) is 0 Å². The number of methoxy groups -OCH3 is 1. The van der Waals surface area contributed by atoms with Gasteiger partial charge in [-0.1, -0.05) is 44.4 Å². The zero-order chi connectivity index (χ0) is 17.4. The van der Waals surface area contributed by atoms with Crippen molar-refractivity contribution in [3.63, 3.8) is 0 Å². The number of fused-ring (bicyclic) bond motifs is 4. The minimum absolute atomic E-state index is 0.0559. The molecule has 3 atom stereocenters. The summed E-state index contributed by atoms with van der Waals surface area (Å²) in [4.78, 5) is 30.5. The molecule has 5 rings (SSSR count). The number of nitrogens with zero attached hydrogens (tertiary/aromatic N) is 2. The third kappa shape index (κ3) is 1.63. The van der Waals surface area contributed by atoms with Crippen molar-refractivity contribution in [1.29, 1.82) is 0 Å². The minimum Gasteiger partial charge on any atom is -0.468 e. The van der Waals surface area contributed by atoms with Crippen molar-refractivity contribution in [3.8, 4) is 0 Å². The van der Waals surface area contributed by atoms with Crippen LogP contribution in [0.3, 0.4) is 0 Å². The number of hydrogen-bond acceptors (Lipinski definition) is 4. The molecule has 1 aromatic carbocycles. The van der Waals surface area contributed by atoms with E-state index in [4.69, 9.17) is 4.74 Å². The Labute approximate surface area is 147 Å².